The summed E-state index contributed by atoms with van der Waals surface area (Å²) >= 11 is 0. The van der Waals surface area contributed by atoms with Crippen molar-refractivity contribution in [1.29, 1.82) is 0 Å². The summed E-state index contributed by atoms with van der Waals surface area (Å²) in [7, 11) is 1.84. The molecular formula is C19H20N4O4. The number of ether oxygens (including phenoxy) is 1. The molecule has 0 spiro atoms. The van der Waals surface area contributed by atoms with Gasteiger partial charge in [0.15, 0.2) is 0 Å². The van der Waals surface area contributed by atoms with Crippen LogP contribution >= 0.6 is 0 Å². The highest BCUT2D eigenvalue weighted by Crippen LogP contribution is 2.22. The highest BCUT2D eigenvalue weighted by molar-refractivity contribution is 5.55. The molecule has 27 heavy (non-hydrogen) atoms. The first-order valence-corrected chi connectivity index (χ1v) is 8.53. The van der Waals surface area contributed by atoms with Gasteiger partial charge in [0, 0.05) is 23.7 Å². The lowest BCUT2D eigenvalue weighted by molar-refractivity contribution is -0.385. The third kappa shape index (κ3) is 4.68. The van der Waals surface area contributed by atoms with Gasteiger partial charge in [0.25, 0.3) is 5.69 Å². The molecule has 3 rings (SSSR count). The summed E-state index contributed by atoms with van der Waals surface area (Å²) in [6.45, 7) is 3.32. The maximum Gasteiger partial charge on any atom is 0.273 e. The van der Waals surface area contributed by atoms with Gasteiger partial charge in [-0.25, -0.2) is 0 Å². The molecular weight excluding hydrogens is 348 g/mol. The van der Waals surface area contributed by atoms with Crippen molar-refractivity contribution in [2.75, 3.05) is 13.7 Å². The van der Waals surface area contributed by atoms with Gasteiger partial charge < -0.3 is 9.26 Å². The minimum Gasteiger partial charge on any atom is -0.494 e. The maximum atomic E-state index is 11.1. The molecule has 0 saturated heterocycles. The normalized spacial score (nSPS) is 10.9. The van der Waals surface area contributed by atoms with Gasteiger partial charge in [0.05, 0.1) is 18.1 Å². The van der Waals surface area contributed by atoms with Crippen molar-refractivity contribution in [2.24, 2.45) is 0 Å². The smallest absolute Gasteiger partial charge is 0.273 e. The monoisotopic (exact) mass is 368 g/mol. The lowest BCUT2D eigenvalue weighted by Crippen LogP contribution is -2.18. The van der Waals surface area contributed by atoms with Crippen molar-refractivity contribution in [3.05, 3.63) is 70.1 Å². The summed E-state index contributed by atoms with van der Waals surface area (Å²) in [5.74, 6) is 1.72. The Labute approximate surface area is 156 Å². The summed E-state index contributed by atoms with van der Waals surface area (Å²) in [6, 6.07) is 14.1. The summed E-state index contributed by atoms with van der Waals surface area (Å²) in [5, 5.41) is 15.1. The van der Waals surface area contributed by atoms with Gasteiger partial charge in [-0.05, 0) is 38.2 Å². The minimum absolute atomic E-state index is 0.102. The zero-order valence-electron chi connectivity index (χ0n) is 15.2. The average molecular weight is 368 g/mol. The van der Waals surface area contributed by atoms with E-state index in [1.165, 1.54) is 6.07 Å². The van der Waals surface area contributed by atoms with Crippen LogP contribution in [0.1, 0.15) is 18.4 Å². The van der Waals surface area contributed by atoms with Gasteiger partial charge in [0.1, 0.15) is 5.75 Å². The van der Waals surface area contributed by atoms with Crippen molar-refractivity contribution in [2.45, 2.75) is 20.0 Å². The fraction of sp³-hybridized carbons (Fsp3) is 0.263. The van der Waals surface area contributed by atoms with Crippen LogP contribution in [0.15, 0.2) is 53.1 Å². The minimum atomic E-state index is -0.375. The number of nitrogens with zero attached hydrogens (tertiary/aromatic N) is 4. The van der Waals surface area contributed by atoms with Crippen LogP contribution in [-0.4, -0.2) is 33.6 Å². The second kappa shape index (κ2) is 8.41. The van der Waals surface area contributed by atoms with Crippen LogP contribution in [0.3, 0.4) is 0 Å². The van der Waals surface area contributed by atoms with Gasteiger partial charge in [-0.15, -0.1) is 0 Å². The molecule has 1 aromatic heterocycles. The third-order valence-corrected chi connectivity index (χ3v) is 3.93. The second-order valence-electron chi connectivity index (χ2n) is 6.03. The summed E-state index contributed by atoms with van der Waals surface area (Å²) < 4.78 is 10.7. The van der Waals surface area contributed by atoms with Gasteiger partial charge in [0.2, 0.25) is 11.7 Å². The lowest BCUT2D eigenvalue weighted by Gasteiger charge is -2.14. The number of rotatable bonds is 8. The largest absolute Gasteiger partial charge is 0.494 e. The van der Waals surface area contributed by atoms with E-state index in [9.17, 15) is 10.1 Å². The number of nitro groups is 1. The topological polar surface area (TPSA) is 94.5 Å². The zero-order chi connectivity index (χ0) is 19.2. The van der Waals surface area contributed by atoms with E-state index in [4.69, 9.17) is 9.26 Å². The van der Waals surface area contributed by atoms with Crippen LogP contribution in [0.2, 0.25) is 0 Å². The molecule has 0 aliphatic carbocycles. The van der Waals surface area contributed by atoms with Gasteiger partial charge in [-0.1, -0.05) is 23.4 Å². The van der Waals surface area contributed by atoms with Crippen LogP contribution in [0.25, 0.3) is 11.4 Å². The van der Waals surface area contributed by atoms with E-state index in [1.54, 1.807) is 18.2 Å². The molecule has 1 heterocycles. The standard InChI is InChI=1S/C19H20N4O4/c1-3-26-16-10-8-14(9-11-16)19-20-18(27-21-19)13-22(2)12-15-6-4-5-7-17(15)23(24)25/h4-11H,3,12-13H2,1-2H3. The SMILES string of the molecule is CCOc1ccc(-c2noc(CN(C)Cc3ccccc3[N+](=O)[O-])n2)cc1. The Morgan fingerprint density at radius 2 is 1.89 bits per heavy atom. The molecule has 8 nitrogen and oxygen atoms in total. The first-order chi connectivity index (χ1) is 13.1. The van der Waals surface area contributed by atoms with E-state index in [1.807, 2.05) is 43.1 Å². The third-order valence-electron chi connectivity index (χ3n) is 3.93. The Bertz CT molecular complexity index is 908. The quantitative estimate of drug-likeness (QED) is 0.442. The van der Waals surface area contributed by atoms with E-state index in [0.29, 0.717) is 37.0 Å². The fourth-order valence-corrected chi connectivity index (χ4v) is 2.70. The average Bonchev–Trinajstić information content (AvgIpc) is 3.11. The van der Waals surface area contributed by atoms with Crippen molar-refractivity contribution in [3.8, 4) is 17.1 Å². The second-order valence-corrected chi connectivity index (χ2v) is 6.03. The summed E-state index contributed by atoms with van der Waals surface area (Å²) in [5.41, 5.74) is 1.57. The summed E-state index contributed by atoms with van der Waals surface area (Å²) in [4.78, 5) is 17.0. The van der Waals surface area contributed by atoms with Gasteiger partial charge in [-0.2, -0.15) is 4.98 Å². The van der Waals surface area contributed by atoms with Gasteiger partial charge >= 0.3 is 0 Å². The molecule has 0 fully saturated rings. The predicted molar refractivity (Wildman–Crippen MR) is 99.2 cm³/mol. The van der Waals surface area contributed by atoms with Crippen LogP contribution in [0, 0.1) is 10.1 Å². The molecule has 0 atom stereocenters. The molecule has 140 valence electrons. The molecule has 0 amide bonds. The Balaban J connectivity index is 1.66. The molecule has 2 aromatic carbocycles. The number of para-hydroxylation sites is 1. The zero-order valence-corrected chi connectivity index (χ0v) is 15.2. The Kier molecular flexibility index (Phi) is 5.77. The van der Waals surface area contributed by atoms with E-state index in [2.05, 4.69) is 10.1 Å². The highest BCUT2D eigenvalue weighted by Gasteiger charge is 2.16. The van der Waals surface area contributed by atoms with Crippen LogP contribution < -0.4 is 4.74 Å². The Hall–Kier alpha value is -3.26. The van der Waals surface area contributed by atoms with E-state index in [-0.39, 0.29) is 10.6 Å². The molecule has 0 aliphatic rings. The first kappa shape index (κ1) is 18.5. The molecule has 0 bridgehead atoms. The lowest BCUT2D eigenvalue weighted by atomic mass is 10.1. The van der Waals surface area contributed by atoms with Crippen molar-refractivity contribution < 1.29 is 14.2 Å². The predicted octanol–water partition coefficient (Wildman–Crippen LogP) is 3.68. The van der Waals surface area contributed by atoms with E-state index >= 15 is 0 Å². The molecule has 0 N–H and O–H groups in total. The molecule has 0 unspecified atom stereocenters. The molecule has 0 saturated carbocycles. The number of nitro benzene ring substituents is 1. The Morgan fingerprint density at radius 3 is 2.59 bits per heavy atom. The highest BCUT2D eigenvalue weighted by atomic mass is 16.6. The summed E-state index contributed by atoms with van der Waals surface area (Å²) in [6.07, 6.45) is 0. The molecule has 8 heteroatoms. The number of hydrogen-bond acceptors (Lipinski definition) is 7. The number of aromatic nitrogens is 2. The molecule has 3 aromatic rings. The van der Waals surface area contributed by atoms with Crippen LogP contribution in [0.4, 0.5) is 5.69 Å². The number of benzene rings is 2. The van der Waals surface area contributed by atoms with Crippen LogP contribution in [-0.2, 0) is 13.1 Å². The van der Waals surface area contributed by atoms with Crippen molar-refractivity contribution >= 4 is 5.69 Å². The Morgan fingerprint density at radius 1 is 1.15 bits per heavy atom. The van der Waals surface area contributed by atoms with E-state index < -0.39 is 0 Å². The first-order valence-electron chi connectivity index (χ1n) is 8.53. The fourth-order valence-electron chi connectivity index (χ4n) is 2.70. The maximum absolute atomic E-state index is 11.1. The van der Waals surface area contributed by atoms with E-state index in [0.717, 1.165) is 11.3 Å². The van der Waals surface area contributed by atoms with Crippen molar-refractivity contribution in [3.63, 3.8) is 0 Å². The number of hydrogen-bond donors (Lipinski definition) is 0. The molecule has 0 radical (unpaired) electrons. The van der Waals surface area contributed by atoms with Crippen LogP contribution in [0.5, 0.6) is 5.75 Å². The van der Waals surface area contributed by atoms with Gasteiger partial charge in [-0.3, -0.25) is 15.0 Å². The molecule has 0 aliphatic heterocycles. The van der Waals surface area contributed by atoms with Crippen molar-refractivity contribution in [1.82, 2.24) is 15.0 Å².